The van der Waals surface area contributed by atoms with E-state index in [1.54, 1.807) is 0 Å². The minimum atomic E-state index is -1.11. The highest BCUT2D eigenvalue weighted by atomic mass is 16.3. The van der Waals surface area contributed by atoms with Crippen LogP contribution in [0.1, 0.15) is 41.1 Å². The molecule has 0 bridgehead atoms. The summed E-state index contributed by atoms with van der Waals surface area (Å²) in [5.41, 5.74) is -7.88. The molecule has 0 atom stereocenters. The molecule has 228 valence electrons. The summed E-state index contributed by atoms with van der Waals surface area (Å²) in [6.07, 6.45) is 0. The molecule has 0 saturated heterocycles. The van der Waals surface area contributed by atoms with Crippen molar-refractivity contribution < 1.29 is 45.5 Å². The maximum absolute atomic E-state index is 9.82. The molecule has 0 amide bonds. The van der Waals surface area contributed by atoms with Gasteiger partial charge < -0.3 is 4.42 Å². The highest BCUT2D eigenvalue weighted by molar-refractivity contribution is 6.24. The van der Waals surface area contributed by atoms with Crippen LogP contribution in [0.5, 0.6) is 0 Å². The van der Waals surface area contributed by atoms with E-state index in [0.717, 1.165) is 0 Å². The molecule has 0 N–H and O–H groups in total. The third kappa shape index (κ3) is 4.47. The van der Waals surface area contributed by atoms with E-state index in [4.69, 9.17) is 31.8 Å². The third-order valence-corrected chi connectivity index (χ3v) is 7.81. The van der Waals surface area contributed by atoms with Crippen LogP contribution in [-0.2, 0) is 0 Å². The molecule has 0 aliphatic carbocycles. The van der Waals surface area contributed by atoms with Gasteiger partial charge in [0, 0.05) is 21.9 Å². The molecule has 49 heavy (non-hydrogen) atoms. The van der Waals surface area contributed by atoms with E-state index in [1.165, 1.54) is 0 Å². The first-order chi connectivity index (χ1) is 36.8. The first-order valence-electron chi connectivity index (χ1n) is 29.4. The summed E-state index contributed by atoms with van der Waals surface area (Å²) in [4.78, 5) is 0. The van der Waals surface area contributed by atoms with Crippen molar-refractivity contribution in [3.8, 4) is 44.5 Å². The van der Waals surface area contributed by atoms with Crippen molar-refractivity contribution in [2.45, 2.75) is 0 Å². The monoisotopic (exact) mass is 652 g/mol. The minimum Gasteiger partial charge on any atom is -0.455 e. The number of hydrogen-bond donors (Lipinski definition) is 0. The largest absolute Gasteiger partial charge is 0.455 e. The van der Waals surface area contributed by atoms with Crippen LogP contribution < -0.4 is 0 Å². The average Bonchev–Trinajstić information content (AvgIpc) is 4.09. The van der Waals surface area contributed by atoms with E-state index < -0.39 is 280 Å². The number of para-hydroxylation sites is 1. The van der Waals surface area contributed by atoms with Gasteiger partial charge in [0.2, 0.25) is 0 Å². The summed E-state index contributed by atoms with van der Waals surface area (Å²) in [7, 11) is 0. The summed E-state index contributed by atoms with van der Waals surface area (Å²) in [6.45, 7) is 0. The van der Waals surface area contributed by atoms with Gasteiger partial charge in [-0.25, -0.2) is 0 Å². The topological polar surface area (TPSA) is 13.1 Å². The highest BCUT2D eigenvalue weighted by Gasteiger charge is 2.20. The fourth-order valence-electron chi connectivity index (χ4n) is 5.72. The molecule has 1 aromatic heterocycles. The molecule has 0 spiro atoms. The first kappa shape index (κ1) is 11.1. The summed E-state index contributed by atoms with van der Waals surface area (Å²) in [5.74, 6) is 0. The summed E-state index contributed by atoms with van der Waals surface area (Å²) in [6, 6.07) is -28.8. The number of fused-ring (bicyclic) bond motifs is 6. The Morgan fingerprint density at radius 2 is 0.878 bits per heavy atom. The lowest BCUT2D eigenvalue weighted by Crippen LogP contribution is -1.91. The van der Waals surface area contributed by atoms with Crippen LogP contribution in [0.2, 0.25) is 0 Å². The average molecular weight is 653 g/mol. The predicted octanol–water partition coefficient (Wildman–Crippen LogP) is 13.7. The molecule has 0 unspecified atom stereocenters. The Bertz CT molecular complexity index is 4490. The van der Waals surface area contributed by atoms with Gasteiger partial charge in [0.05, 0.1) is 41.1 Å². The third-order valence-electron chi connectivity index (χ3n) is 7.81. The van der Waals surface area contributed by atoms with Crippen LogP contribution >= 0.6 is 0 Å². The van der Waals surface area contributed by atoms with E-state index in [0.29, 0.717) is 0 Å². The van der Waals surface area contributed by atoms with Crippen molar-refractivity contribution in [3.63, 3.8) is 0 Å². The Hall–Kier alpha value is -6.44. The van der Waals surface area contributed by atoms with E-state index in [1.807, 2.05) is 0 Å². The molecule has 0 fully saturated rings. The van der Waals surface area contributed by atoms with Crippen LogP contribution in [0, 0.1) is 0 Å². The zero-order valence-electron chi connectivity index (χ0n) is 54.4. The second kappa shape index (κ2) is 11.1. The lowest BCUT2D eigenvalue weighted by atomic mass is 9.85. The van der Waals surface area contributed by atoms with E-state index in [2.05, 4.69) is 0 Å². The molecule has 0 saturated carbocycles. The van der Waals surface area contributed by atoms with Gasteiger partial charge in [-0.3, -0.25) is 0 Å². The Morgan fingerprint density at radius 3 is 1.65 bits per heavy atom. The standard InChI is InChI=1S/C48H30O/c1-2-12-31(13-3-1)36-26-27-38-43-22-11-23-44(48(43)49-45(38)30-36)47-41-20-8-6-18-39(41)46(40-19-7-9-21-42(40)47)37-17-10-16-34(29-37)35-25-24-32-14-4-5-15-33(32)28-35/h1-30H/i1D,2D,3D,4D,5D,6D,7D,8D,9D,10D,11D,12D,13D,14D,15D,16D,17D,18D,19D,20D,21D,22D,23D,24D,25D,26D,27D,28D,29D,30D. The lowest BCUT2D eigenvalue weighted by Gasteiger charge is -2.18. The zero-order chi connectivity index (χ0) is 58.4. The molecule has 0 radical (unpaired) electrons. The van der Waals surface area contributed by atoms with Crippen molar-refractivity contribution in [3.05, 3.63) is 181 Å². The Labute approximate surface area is 326 Å². The first-order valence-corrected chi connectivity index (χ1v) is 14.4. The summed E-state index contributed by atoms with van der Waals surface area (Å²) >= 11 is 0. The molecule has 0 aliphatic heterocycles. The van der Waals surface area contributed by atoms with Crippen molar-refractivity contribution in [2.24, 2.45) is 0 Å². The number of furan rings is 1. The van der Waals surface area contributed by atoms with Gasteiger partial charge in [0.25, 0.3) is 0 Å². The maximum atomic E-state index is 9.82. The van der Waals surface area contributed by atoms with Crippen LogP contribution in [0.3, 0.4) is 0 Å². The zero-order valence-corrected chi connectivity index (χ0v) is 24.4. The van der Waals surface area contributed by atoms with E-state index in [9.17, 15) is 13.7 Å². The highest BCUT2D eigenvalue weighted by Crippen LogP contribution is 2.47. The summed E-state index contributed by atoms with van der Waals surface area (Å²) < 4.78 is 276. The van der Waals surface area contributed by atoms with Crippen molar-refractivity contribution in [1.29, 1.82) is 0 Å². The van der Waals surface area contributed by atoms with Gasteiger partial charge in [-0.05, 0) is 89.9 Å². The normalized spacial score (nSPS) is 20.2. The predicted molar refractivity (Wildman–Crippen MR) is 208 cm³/mol. The van der Waals surface area contributed by atoms with E-state index >= 15 is 0 Å². The molecule has 10 aromatic rings. The molecule has 1 nitrogen and oxygen atoms in total. The van der Waals surface area contributed by atoms with E-state index in [-0.39, 0.29) is 0 Å². The van der Waals surface area contributed by atoms with Crippen LogP contribution in [0.25, 0.3) is 98.8 Å². The number of hydrogen-bond acceptors (Lipinski definition) is 1. The number of benzene rings is 9. The van der Waals surface area contributed by atoms with Crippen LogP contribution in [0.15, 0.2) is 186 Å². The summed E-state index contributed by atoms with van der Waals surface area (Å²) in [5, 5.41) is -5.58. The van der Waals surface area contributed by atoms with Crippen molar-refractivity contribution >= 4 is 54.3 Å². The molecule has 1 heterocycles. The van der Waals surface area contributed by atoms with Gasteiger partial charge >= 0.3 is 0 Å². The Kier molecular flexibility index (Phi) is 2.50. The number of rotatable bonds is 4. The van der Waals surface area contributed by atoms with Crippen molar-refractivity contribution in [1.82, 2.24) is 0 Å². The van der Waals surface area contributed by atoms with Gasteiger partial charge in [-0.1, -0.05) is 157 Å². The fourth-order valence-corrected chi connectivity index (χ4v) is 5.72. The molecule has 0 aliphatic rings. The lowest BCUT2D eigenvalue weighted by molar-refractivity contribution is 0.670. The van der Waals surface area contributed by atoms with Gasteiger partial charge in [0.1, 0.15) is 11.2 Å². The van der Waals surface area contributed by atoms with Crippen LogP contribution in [0.4, 0.5) is 0 Å². The maximum Gasteiger partial charge on any atom is 0.143 e. The molecule has 9 aromatic carbocycles. The minimum absolute atomic E-state index is 0.568. The molecule has 1 heteroatoms. The van der Waals surface area contributed by atoms with Gasteiger partial charge in [-0.15, -0.1) is 0 Å². The molecular formula is C48H30O. The Balaban J connectivity index is 1.47. The van der Waals surface area contributed by atoms with Gasteiger partial charge in [0.15, 0.2) is 0 Å². The van der Waals surface area contributed by atoms with Crippen LogP contribution in [-0.4, -0.2) is 0 Å². The SMILES string of the molecule is [2H]c1c([2H])c([2H])c(-c2c([2H])c([2H])c3c(oc4c(-c5c6c([2H])c([2H])c([2H])c([2H])c6c(-c6c([2H])c([2H])c([2H])c(-c7c([2H])c([2H])c8c([2H])c([2H])c([2H])c([2H])c8c7[2H])c6[2H])c6c([2H])c([2H])c([2H])c([2H])c56)c([2H])c([2H])c([2H])c43)c2[2H])c([2H])c1[2H]. The smallest absolute Gasteiger partial charge is 0.143 e. The second-order valence-electron chi connectivity index (χ2n) is 10.5. The molecule has 10 rings (SSSR count). The van der Waals surface area contributed by atoms with Gasteiger partial charge in [-0.2, -0.15) is 0 Å². The molecular weight excluding hydrogens is 593 g/mol. The van der Waals surface area contributed by atoms with Crippen molar-refractivity contribution in [2.75, 3.05) is 0 Å². The second-order valence-corrected chi connectivity index (χ2v) is 10.5. The Morgan fingerprint density at radius 1 is 0.327 bits per heavy atom. The quantitative estimate of drug-likeness (QED) is 0.172. The fraction of sp³-hybridized carbons (Fsp3) is 0.